The zero-order chi connectivity index (χ0) is 17.3. The minimum absolute atomic E-state index is 0.0633. The Bertz CT molecular complexity index is 630. The lowest BCUT2D eigenvalue weighted by Crippen LogP contribution is -2.39. The molecule has 0 aliphatic carbocycles. The number of nitrogens with zero attached hydrogens (tertiary/aromatic N) is 1. The molecule has 0 aliphatic heterocycles. The van der Waals surface area contributed by atoms with Crippen molar-refractivity contribution in [2.75, 3.05) is 39.3 Å². The lowest BCUT2D eigenvalue weighted by Gasteiger charge is -2.12. The summed E-state index contributed by atoms with van der Waals surface area (Å²) >= 11 is 0. The van der Waals surface area contributed by atoms with E-state index >= 15 is 0 Å². The molecule has 2 N–H and O–H groups in total. The fourth-order valence-electron chi connectivity index (χ4n) is 1.85. The molecule has 0 aliphatic rings. The van der Waals surface area contributed by atoms with Crippen LogP contribution in [0.2, 0.25) is 0 Å². The minimum atomic E-state index is -2.99. The summed E-state index contributed by atoms with van der Waals surface area (Å²) in [5.74, 6) is 1.95. The van der Waals surface area contributed by atoms with Gasteiger partial charge in [-0.1, -0.05) is 6.07 Å². The van der Waals surface area contributed by atoms with E-state index in [0.29, 0.717) is 37.1 Å². The quantitative estimate of drug-likeness (QED) is 0.536. The van der Waals surface area contributed by atoms with Gasteiger partial charge in [0.05, 0.1) is 26.5 Å². The minimum Gasteiger partial charge on any atom is -0.493 e. The third kappa shape index (κ3) is 7.23. The number of benzene rings is 1. The highest BCUT2D eigenvalue weighted by Crippen LogP contribution is 2.27. The molecule has 0 heterocycles. The molecule has 1 aromatic carbocycles. The number of hydrogen-bond donors (Lipinski definition) is 2. The highest BCUT2D eigenvalue weighted by molar-refractivity contribution is 7.90. The van der Waals surface area contributed by atoms with E-state index in [9.17, 15) is 8.42 Å². The van der Waals surface area contributed by atoms with Crippen molar-refractivity contribution < 1.29 is 17.9 Å². The van der Waals surface area contributed by atoms with Gasteiger partial charge in [-0.3, -0.25) is 0 Å². The molecule has 7 nitrogen and oxygen atoms in total. The molecule has 130 valence electrons. The van der Waals surface area contributed by atoms with Crippen LogP contribution in [0.1, 0.15) is 12.5 Å². The fourth-order valence-corrected chi connectivity index (χ4v) is 2.32. The van der Waals surface area contributed by atoms with Crippen molar-refractivity contribution in [2.45, 2.75) is 13.5 Å². The molecule has 0 bridgehead atoms. The summed E-state index contributed by atoms with van der Waals surface area (Å²) in [4.78, 5) is 4.44. The first kappa shape index (κ1) is 19.1. The van der Waals surface area contributed by atoms with Crippen LogP contribution >= 0.6 is 0 Å². The number of guanidine groups is 1. The number of ether oxygens (including phenoxy) is 2. The van der Waals surface area contributed by atoms with Crippen molar-refractivity contribution in [3.05, 3.63) is 23.8 Å². The molecule has 0 saturated carbocycles. The van der Waals surface area contributed by atoms with E-state index in [2.05, 4.69) is 15.6 Å². The molecular weight excluding hydrogens is 318 g/mol. The average Bonchev–Trinajstić information content (AvgIpc) is 2.51. The van der Waals surface area contributed by atoms with Crippen molar-refractivity contribution in [1.82, 2.24) is 10.6 Å². The van der Waals surface area contributed by atoms with E-state index in [4.69, 9.17) is 9.47 Å². The Balaban J connectivity index is 2.73. The van der Waals surface area contributed by atoms with E-state index in [1.54, 1.807) is 14.2 Å². The zero-order valence-corrected chi connectivity index (χ0v) is 14.9. The summed E-state index contributed by atoms with van der Waals surface area (Å²) in [6.07, 6.45) is 1.21. The monoisotopic (exact) mass is 343 g/mol. The van der Waals surface area contributed by atoms with Crippen LogP contribution in [0.15, 0.2) is 23.2 Å². The van der Waals surface area contributed by atoms with Crippen LogP contribution in [-0.2, 0) is 16.4 Å². The summed E-state index contributed by atoms with van der Waals surface area (Å²) in [5.41, 5.74) is 0.961. The normalized spacial score (nSPS) is 11.9. The Morgan fingerprint density at radius 3 is 2.43 bits per heavy atom. The van der Waals surface area contributed by atoms with Gasteiger partial charge >= 0.3 is 0 Å². The molecule has 0 saturated heterocycles. The second-order valence-corrected chi connectivity index (χ2v) is 7.20. The van der Waals surface area contributed by atoms with Gasteiger partial charge in [0.1, 0.15) is 9.84 Å². The Kier molecular flexibility index (Phi) is 7.67. The molecule has 0 unspecified atom stereocenters. The Hall–Kier alpha value is -1.96. The molecule has 8 heteroatoms. The average molecular weight is 343 g/mol. The van der Waals surface area contributed by atoms with Crippen LogP contribution < -0.4 is 20.1 Å². The molecular formula is C15H25N3O4S. The highest BCUT2D eigenvalue weighted by Gasteiger charge is 2.06. The molecule has 0 aromatic heterocycles. The lowest BCUT2D eigenvalue weighted by atomic mass is 10.2. The van der Waals surface area contributed by atoms with Crippen molar-refractivity contribution in [2.24, 2.45) is 4.99 Å². The SMILES string of the molecule is CCNC(=NCc1ccc(OC)c(OC)c1)NCCS(C)(=O)=O. The number of methoxy groups -OCH3 is 2. The van der Waals surface area contributed by atoms with Crippen molar-refractivity contribution in [3.8, 4) is 11.5 Å². The van der Waals surface area contributed by atoms with E-state index in [1.165, 1.54) is 6.26 Å². The summed E-state index contributed by atoms with van der Waals surface area (Å²) in [7, 11) is 0.179. The van der Waals surface area contributed by atoms with Crippen LogP contribution in [0.5, 0.6) is 11.5 Å². The van der Waals surface area contributed by atoms with Crippen LogP contribution in [0.3, 0.4) is 0 Å². The van der Waals surface area contributed by atoms with Gasteiger partial charge in [0, 0.05) is 19.3 Å². The second-order valence-electron chi connectivity index (χ2n) is 4.94. The predicted molar refractivity (Wildman–Crippen MR) is 92.1 cm³/mol. The molecule has 23 heavy (non-hydrogen) atoms. The first-order chi connectivity index (χ1) is 10.9. The fraction of sp³-hybridized carbons (Fsp3) is 0.533. The van der Waals surface area contributed by atoms with Crippen LogP contribution in [0.4, 0.5) is 0 Å². The first-order valence-corrected chi connectivity index (χ1v) is 9.36. The number of hydrogen-bond acceptors (Lipinski definition) is 5. The molecule has 1 aromatic rings. The standard InChI is InChI=1S/C15H25N3O4S/c1-5-16-15(17-8-9-23(4,19)20)18-11-12-6-7-13(21-2)14(10-12)22-3/h6-7,10H,5,8-9,11H2,1-4H3,(H2,16,17,18). The lowest BCUT2D eigenvalue weighted by molar-refractivity contribution is 0.354. The summed E-state index contributed by atoms with van der Waals surface area (Å²) in [5, 5.41) is 6.08. The number of nitrogens with one attached hydrogen (secondary N) is 2. The predicted octanol–water partition coefficient (Wildman–Crippen LogP) is 0.804. The number of aliphatic imine (C=N–C) groups is 1. The number of sulfone groups is 1. The third-order valence-corrected chi connectivity index (χ3v) is 3.92. The van der Waals surface area contributed by atoms with Gasteiger partial charge in [-0.25, -0.2) is 13.4 Å². The van der Waals surface area contributed by atoms with Gasteiger partial charge < -0.3 is 20.1 Å². The van der Waals surface area contributed by atoms with Crippen LogP contribution in [0, 0.1) is 0 Å². The van der Waals surface area contributed by atoms with E-state index in [1.807, 2.05) is 25.1 Å². The van der Waals surface area contributed by atoms with Crippen LogP contribution in [-0.4, -0.2) is 53.7 Å². The second kappa shape index (κ2) is 9.24. The van der Waals surface area contributed by atoms with E-state index < -0.39 is 9.84 Å². The Morgan fingerprint density at radius 1 is 1.17 bits per heavy atom. The highest BCUT2D eigenvalue weighted by atomic mass is 32.2. The Labute approximate surface area is 138 Å². The van der Waals surface area contributed by atoms with Crippen LogP contribution in [0.25, 0.3) is 0 Å². The zero-order valence-electron chi connectivity index (χ0n) is 14.0. The first-order valence-electron chi connectivity index (χ1n) is 7.30. The van der Waals surface area contributed by atoms with Gasteiger partial charge in [0.15, 0.2) is 17.5 Å². The van der Waals surface area contributed by atoms with Crippen molar-refractivity contribution >= 4 is 15.8 Å². The molecule has 0 amide bonds. The molecule has 0 radical (unpaired) electrons. The van der Waals surface area contributed by atoms with E-state index in [-0.39, 0.29) is 5.75 Å². The molecule has 0 spiro atoms. The molecule has 0 fully saturated rings. The molecule has 1 rings (SSSR count). The maximum Gasteiger partial charge on any atom is 0.191 e. The topological polar surface area (TPSA) is 89.0 Å². The molecule has 0 atom stereocenters. The van der Waals surface area contributed by atoms with Gasteiger partial charge in [-0.15, -0.1) is 0 Å². The largest absolute Gasteiger partial charge is 0.493 e. The van der Waals surface area contributed by atoms with E-state index in [0.717, 1.165) is 5.56 Å². The van der Waals surface area contributed by atoms with Gasteiger partial charge in [0.25, 0.3) is 0 Å². The number of rotatable bonds is 8. The maximum absolute atomic E-state index is 11.2. The summed E-state index contributed by atoms with van der Waals surface area (Å²) in [6, 6.07) is 5.60. The summed E-state index contributed by atoms with van der Waals surface area (Å²) < 4.78 is 32.8. The van der Waals surface area contributed by atoms with Gasteiger partial charge in [-0.2, -0.15) is 0 Å². The Morgan fingerprint density at radius 2 is 1.87 bits per heavy atom. The maximum atomic E-state index is 11.2. The van der Waals surface area contributed by atoms with Crippen molar-refractivity contribution in [3.63, 3.8) is 0 Å². The van der Waals surface area contributed by atoms with Gasteiger partial charge in [0.2, 0.25) is 0 Å². The third-order valence-electron chi connectivity index (χ3n) is 2.98. The van der Waals surface area contributed by atoms with Crippen molar-refractivity contribution in [1.29, 1.82) is 0 Å². The summed E-state index contributed by atoms with van der Waals surface area (Å²) in [6.45, 7) is 3.39. The van der Waals surface area contributed by atoms with Gasteiger partial charge in [-0.05, 0) is 24.6 Å². The smallest absolute Gasteiger partial charge is 0.191 e.